The van der Waals surface area contributed by atoms with Gasteiger partial charge in [0.25, 0.3) is 7.82 Å². The predicted octanol–water partition coefficient (Wildman–Crippen LogP) is 21.2. The number of phosphoric ester groups is 1. The molecule has 0 aliphatic heterocycles. The molecule has 0 rings (SSSR count). The molecule has 0 radical (unpaired) electrons. The van der Waals surface area contributed by atoms with Gasteiger partial charge in [0.05, 0.1) is 27.7 Å². The lowest BCUT2D eigenvalue weighted by Gasteiger charge is -2.28. The van der Waals surface area contributed by atoms with E-state index in [2.05, 4.69) is 160 Å². The zero-order chi connectivity index (χ0) is 61.2. The van der Waals surface area contributed by atoms with E-state index in [1.807, 2.05) is 21.1 Å². The Morgan fingerprint density at radius 3 is 0.952 bits per heavy atom. The van der Waals surface area contributed by atoms with Crippen molar-refractivity contribution in [3.05, 3.63) is 146 Å². The van der Waals surface area contributed by atoms with Gasteiger partial charge in [-0.3, -0.25) is 14.2 Å². The van der Waals surface area contributed by atoms with Crippen LogP contribution >= 0.6 is 7.82 Å². The highest BCUT2D eigenvalue weighted by Crippen LogP contribution is 2.38. The first-order chi connectivity index (χ1) is 41.0. The van der Waals surface area contributed by atoms with E-state index in [0.717, 1.165) is 135 Å². The smallest absolute Gasteiger partial charge is 0.306 e. The van der Waals surface area contributed by atoms with Gasteiger partial charge in [0.2, 0.25) is 0 Å². The Bertz CT molecular complexity index is 1930. The lowest BCUT2D eigenvalue weighted by molar-refractivity contribution is -0.870. The molecule has 2 atom stereocenters. The molecule has 0 aliphatic carbocycles. The maximum atomic E-state index is 12.9. The Labute approximate surface area is 516 Å². The minimum atomic E-state index is -4.65. The summed E-state index contributed by atoms with van der Waals surface area (Å²) in [6.07, 6.45) is 93.3. The van der Waals surface area contributed by atoms with Gasteiger partial charge >= 0.3 is 11.9 Å². The summed E-state index contributed by atoms with van der Waals surface area (Å²) in [7, 11) is 1.15. The van der Waals surface area contributed by atoms with Crippen molar-refractivity contribution in [2.75, 3.05) is 47.5 Å². The highest BCUT2D eigenvalue weighted by molar-refractivity contribution is 7.45. The van der Waals surface area contributed by atoms with Crippen molar-refractivity contribution < 1.29 is 42.1 Å². The third kappa shape index (κ3) is 67.0. The maximum absolute atomic E-state index is 12.9. The van der Waals surface area contributed by atoms with Gasteiger partial charge in [0, 0.05) is 12.8 Å². The largest absolute Gasteiger partial charge is 0.756 e. The molecular formula is C74H124NO8P. The summed E-state index contributed by atoms with van der Waals surface area (Å²) in [4.78, 5) is 38.0. The van der Waals surface area contributed by atoms with E-state index in [0.29, 0.717) is 17.4 Å². The van der Waals surface area contributed by atoms with Crippen LogP contribution in [0.15, 0.2) is 146 Å². The van der Waals surface area contributed by atoms with Gasteiger partial charge in [0.15, 0.2) is 6.10 Å². The molecule has 10 heteroatoms. The molecule has 0 saturated carbocycles. The standard InChI is InChI=1S/C74H124NO8P/c1-6-8-10-12-14-16-18-20-22-24-26-28-30-32-34-35-36-37-38-39-41-43-45-47-49-51-53-55-57-59-61-63-65-67-74(77)83-72(71-82-84(78,79)81-69-68-75(3,4)5)70-80-73(76)66-64-62-60-58-56-54-52-50-48-46-44-42-40-33-31-29-27-25-23-21-19-17-15-13-11-9-7-2/h8-11,14-17,20-23,26-29,32-34,36-37,39-41,72H,6-7,12-13,18-19,24-25,30-31,35,38,42-71H2,1-5H3/b10-8-,11-9-,16-14-,17-15-,22-20-,23-21-,28-26-,29-27-,34-32-,37-36-,40-33-,41-39-. The first-order valence-electron chi connectivity index (χ1n) is 33.5. The number of esters is 2. The number of ether oxygens (including phenoxy) is 2. The van der Waals surface area contributed by atoms with E-state index in [-0.39, 0.29) is 26.1 Å². The van der Waals surface area contributed by atoms with Crippen LogP contribution in [0.25, 0.3) is 0 Å². The molecule has 0 aromatic heterocycles. The second-order valence-electron chi connectivity index (χ2n) is 23.1. The summed E-state index contributed by atoms with van der Waals surface area (Å²) in [5.74, 6) is -0.845. The number of quaternary nitrogens is 1. The Kier molecular flexibility index (Phi) is 60.3. The van der Waals surface area contributed by atoms with Gasteiger partial charge in [-0.25, -0.2) is 0 Å². The fourth-order valence-electron chi connectivity index (χ4n) is 8.78. The van der Waals surface area contributed by atoms with Crippen LogP contribution in [0.3, 0.4) is 0 Å². The molecule has 0 heterocycles. The van der Waals surface area contributed by atoms with Crippen molar-refractivity contribution in [3.8, 4) is 0 Å². The summed E-state index contributed by atoms with van der Waals surface area (Å²) in [5, 5.41) is 0. The Morgan fingerprint density at radius 1 is 0.369 bits per heavy atom. The quantitative estimate of drug-likeness (QED) is 0.0195. The van der Waals surface area contributed by atoms with Crippen LogP contribution in [0.4, 0.5) is 0 Å². The first kappa shape index (κ1) is 79.9. The van der Waals surface area contributed by atoms with E-state index in [1.165, 1.54) is 89.9 Å². The topological polar surface area (TPSA) is 111 Å². The third-order valence-electron chi connectivity index (χ3n) is 13.9. The van der Waals surface area contributed by atoms with Crippen LogP contribution in [-0.4, -0.2) is 70.0 Å². The molecule has 9 nitrogen and oxygen atoms in total. The molecule has 0 bridgehead atoms. The Balaban J connectivity index is 4.13. The van der Waals surface area contributed by atoms with Crippen LogP contribution < -0.4 is 4.89 Å². The van der Waals surface area contributed by atoms with Gasteiger partial charge in [0.1, 0.15) is 19.8 Å². The Morgan fingerprint density at radius 2 is 0.643 bits per heavy atom. The van der Waals surface area contributed by atoms with Crippen LogP contribution in [0.2, 0.25) is 0 Å². The molecule has 0 amide bonds. The SMILES string of the molecule is CC/C=C\C/C=C\C/C=C\C/C=C\C/C=C\C/C=C\C/C=C\CCCCCCCCCCCCCC(=O)OC(COC(=O)CCCCCCCCCCCCC/C=C\C/C=C\C/C=C\C/C=C\C/C=C\CC)COP(=O)([O-])OCC[N+](C)(C)C. The predicted molar refractivity (Wildman–Crippen MR) is 360 cm³/mol. The van der Waals surface area contributed by atoms with Crippen molar-refractivity contribution in [2.45, 2.75) is 264 Å². The zero-order valence-electron chi connectivity index (χ0n) is 54.3. The minimum absolute atomic E-state index is 0.0388. The number of hydrogen-bond donors (Lipinski definition) is 0. The third-order valence-corrected chi connectivity index (χ3v) is 14.8. The molecule has 0 saturated heterocycles. The van der Waals surface area contributed by atoms with Gasteiger partial charge in [-0.05, 0) is 116 Å². The second-order valence-corrected chi connectivity index (χ2v) is 24.5. The summed E-state index contributed by atoms with van der Waals surface area (Å²) in [5.41, 5.74) is 0. The molecule has 0 N–H and O–H groups in total. The van der Waals surface area contributed by atoms with E-state index < -0.39 is 32.5 Å². The molecule has 0 aromatic carbocycles. The van der Waals surface area contributed by atoms with Gasteiger partial charge in [-0.2, -0.15) is 0 Å². The number of likely N-dealkylation sites (N-methyl/N-ethyl adjacent to an activating group) is 1. The van der Waals surface area contributed by atoms with E-state index in [9.17, 15) is 19.0 Å². The summed E-state index contributed by atoms with van der Waals surface area (Å²) >= 11 is 0. The molecule has 478 valence electrons. The van der Waals surface area contributed by atoms with Crippen molar-refractivity contribution >= 4 is 19.8 Å². The number of nitrogens with zero attached hydrogens (tertiary/aromatic N) is 1. The minimum Gasteiger partial charge on any atom is -0.756 e. The van der Waals surface area contributed by atoms with Crippen LogP contribution in [0, 0.1) is 0 Å². The average Bonchev–Trinajstić information content (AvgIpc) is 3.61. The van der Waals surface area contributed by atoms with Crippen LogP contribution in [-0.2, 0) is 32.7 Å². The molecule has 0 aliphatic rings. The van der Waals surface area contributed by atoms with Crippen molar-refractivity contribution in [3.63, 3.8) is 0 Å². The fourth-order valence-corrected chi connectivity index (χ4v) is 9.51. The molecule has 84 heavy (non-hydrogen) atoms. The van der Waals surface area contributed by atoms with E-state index in [4.69, 9.17) is 18.5 Å². The van der Waals surface area contributed by atoms with Crippen LogP contribution in [0.5, 0.6) is 0 Å². The monoisotopic (exact) mass is 1190 g/mol. The average molecular weight is 1190 g/mol. The van der Waals surface area contributed by atoms with Crippen LogP contribution in [0.1, 0.15) is 258 Å². The van der Waals surface area contributed by atoms with Gasteiger partial charge in [-0.1, -0.05) is 275 Å². The molecular weight excluding hydrogens is 1060 g/mol. The number of carbonyl (C=O) groups is 2. The Hall–Kier alpha value is -4.11. The number of hydrogen-bond acceptors (Lipinski definition) is 8. The highest BCUT2D eigenvalue weighted by Gasteiger charge is 2.22. The number of carbonyl (C=O) groups excluding carboxylic acids is 2. The van der Waals surface area contributed by atoms with Gasteiger partial charge in [-0.15, -0.1) is 0 Å². The molecule has 2 unspecified atom stereocenters. The first-order valence-corrected chi connectivity index (χ1v) is 35.0. The number of phosphoric acid groups is 1. The fraction of sp³-hybridized carbons (Fsp3) is 0.649. The molecule has 0 aromatic rings. The summed E-state index contributed by atoms with van der Waals surface area (Å²) in [6, 6.07) is 0. The normalized spacial score (nSPS) is 14.1. The highest BCUT2D eigenvalue weighted by atomic mass is 31.2. The van der Waals surface area contributed by atoms with Crippen molar-refractivity contribution in [1.29, 1.82) is 0 Å². The van der Waals surface area contributed by atoms with Crippen molar-refractivity contribution in [1.82, 2.24) is 0 Å². The lowest BCUT2D eigenvalue weighted by Crippen LogP contribution is -2.37. The zero-order valence-corrected chi connectivity index (χ0v) is 55.2. The number of allylic oxidation sites excluding steroid dienone is 24. The molecule has 0 spiro atoms. The molecule has 0 fully saturated rings. The maximum Gasteiger partial charge on any atom is 0.306 e. The van der Waals surface area contributed by atoms with Gasteiger partial charge < -0.3 is 27.9 Å². The number of rotatable bonds is 60. The lowest BCUT2D eigenvalue weighted by atomic mass is 10.0. The second kappa shape index (κ2) is 63.4. The summed E-state index contributed by atoms with van der Waals surface area (Å²) in [6.45, 7) is 4.00. The van der Waals surface area contributed by atoms with Crippen molar-refractivity contribution in [2.24, 2.45) is 0 Å². The number of unbranched alkanes of at least 4 members (excludes halogenated alkanes) is 22. The van der Waals surface area contributed by atoms with E-state index in [1.54, 1.807) is 0 Å². The van der Waals surface area contributed by atoms with E-state index >= 15 is 0 Å². The summed E-state index contributed by atoms with van der Waals surface area (Å²) < 4.78 is 34.3.